The van der Waals surface area contributed by atoms with E-state index in [9.17, 15) is 15.0 Å². The van der Waals surface area contributed by atoms with Crippen LogP contribution in [0.4, 0.5) is 4.79 Å². The lowest BCUT2D eigenvalue weighted by Gasteiger charge is -2.31. The fourth-order valence-electron chi connectivity index (χ4n) is 2.72. The van der Waals surface area contributed by atoms with Crippen molar-refractivity contribution in [2.45, 2.75) is 37.8 Å². The second-order valence-corrected chi connectivity index (χ2v) is 4.63. The molecule has 0 aliphatic carbocycles. The molecule has 16 heavy (non-hydrogen) atoms. The first-order valence-electron chi connectivity index (χ1n) is 6.07. The zero-order chi connectivity index (χ0) is 11.5. The molecule has 2 fully saturated rings. The van der Waals surface area contributed by atoms with Crippen molar-refractivity contribution in [2.75, 3.05) is 26.3 Å². The van der Waals surface area contributed by atoms with Crippen LogP contribution in [0.25, 0.3) is 0 Å². The number of nitrogens with zero attached hydrogens (tertiary/aromatic N) is 2. The fourth-order valence-corrected chi connectivity index (χ4v) is 2.72. The number of carbonyl (C=O) groups excluding carboxylic acids is 1. The van der Waals surface area contributed by atoms with E-state index < -0.39 is 0 Å². The molecular weight excluding hydrogens is 208 g/mol. The maximum Gasteiger partial charge on any atom is 0.320 e. The number of likely N-dealkylation sites (tertiary alicyclic amines) is 2. The van der Waals surface area contributed by atoms with Gasteiger partial charge in [-0.1, -0.05) is 0 Å². The highest BCUT2D eigenvalue weighted by atomic mass is 16.3. The summed E-state index contributed by atoms with van der Waals surface area (Å²) in [6.07, 6.45) is 3.71. The third-order valence-corrected chi connectivity index (χ3v) is 3.67. The summed E-state index contributed by atoms with van der Waals surface area (Å²) in [6, 6.07) is -0.0482. The largest absolute Gasteiger partial charge is 0.394 e. The number of carbonyl (C=O) groups is 1. The fraction of sp³-hybridized carbons (Fsp3) is 0.909. The first kappa shape index (κ1) is 11.7. The molecule has 0 radical (unpaired) electrons. The summed E-state index contributed by atoms with van der Waals surface area (Å²) >= 11 is 0. The molecule has 0 saturated carbocycles. The lowest BCUT2D eigenvalue weighted by molar-refractivity contribution is 0.108. The van der Waals surface area contributed by atoms with Crippen molar-refractivity contribution in [1.29, 1.82) is 0 Å². The van der Waals surface area contributed by atoms with E-state index in [0.717, 1.165) is 38.8 Å². The van der Waals surface area contributed by atoms with E-state index in [1.807, 2.05) is 0 Å². The lowest BCUT2D eigenvalue weighted by Crippen LogP contribution is -2.49. The molecule has 2 amide bonds. The van der Waals surface area contributed by atoms with Crippen molar-refractivity contribution in [3.63, 3.8) is 0 Å². The monoisotopic (exact) mass is 228 g/mol. The molecule has 0 aromatic rings. The number of aliphatic hydroxyl groups excluding tert-OH is 2. The Morgan fingerprint density at radius 3 is 1.81 bits per heavy atom. The van der Waals surface area contributed by atoms with Crippen LogP contribution in [0.5, 0.6) is 0 Å². The highest BCUT2D eigenvalue weighted by Crippen LogP contribution is 2.23. The smallest absolute Gasteiger partial charge is 0.320 e. The van der Waals surface area contributed by atoms with E-state index in [1.165, 1.54) is 0 Å². The van der Waals surface area contributed by atoms with Gasteiger partial charge in [-0.3, -0.25) is 0 Å². The quantitative estimate of drug-likeness (QED) is 0.700. The van der Waals surface area contributed by atoms with Crippen LogP contribution in [0.3, 0.4) is 0 Å². The molecule has 2 aliphatic rings. The molecule has 0 unspecified atom stereocenters. The molecule has 2 rings (SSSR count). The van der Waals surface area contributed by atoms with Crippen molar-refractivity contribution in [3.05, 3.63) is 0 Å². The first-order valence-corrected chi connectivity index (χ1v) is 6.07. The maximum atomic E-state index is 12.2. The number of amides is 2. The summed E-state index contributed by atoms with van der Waals surface area (Å²) in [5.41, 5.74) is 0. The predicted molar refractivity (Wildman–Crippen MR) is 59.0 cm³/mol. The number of hydrogen-bond acceptors (Lipinski definition) is 3. The molecule has 92 valence electrons. The third-order valence-electron chi connectivity index (χ3n) is 3.67. The Hall–Kier alpha value is -0.810. The van der Waals surface area contributed by atoms with E-state index in [1.54, 1.807) is 9.80 Å². The number of aliphatic hydroxyl groups is 2. The molecule has 0 aromatic heterocycles. The van der Waals surface area contributed by atoms with Crippen LogP contribution in [0.1, 0.15) is 25.7 Å². The average Bonchev–Trinajstić information content (AvgIpc) is 2.96. The van der Waals surface area contributed by atoms with Gasteiger partial charge in [0.2, 0.25) is 0 Å². The summed E-state index contributed by atoms with van der Waals surface area (Å²) in [6.45, 7) is 1.56. The summed E-state index contributed by atoms with van der Waals surface area (Å²) in [4.78, 5) is 15.7. The molecule has 2 atom stereocenters. The Kier molecular flexibility index (Phi) is 3.66. The summed E-state index contributed by atoms with van der Waals surface area (Å²) in [5, 5.41) is 18.4. The van der Waals surface area contributed by atoms with Crippen molar-refractivity contribution >= 4 is 6.03 Å². The van der Waals surface area contributed by atoms with Gasteiger partial charge in [0.15, 0.2) is 0 Å². The average molecular weight is 228 g/mol. The molecule has 5 heteroatoms. The minimum atomic E-state index is -0.0209. The van der Waals surface area contributed by atoms with Crippen molar-refractivity contribution in [1.82, 2.24) is 9.80 Å². The first-order chi connectivity index (χ1) is 7.77. The highest BCUT2D eigenvalue weighted by Gasteiger charge is 2.35. The SMILES string of the molecule is O=C(N1CCC[C@@H]1CO)N1CCC[C@@H]1CO. The van der Waals surface area contributed by atoms with Crippen LogP contribution in [-0.4, -0.2) is 64.4 Å². The molecule has 2 aliphatic heterocycles. The minimum absolute atomic E-state index is 0.00639. The van der Waals surface area contributed by atoms with E-state index in [0.29, 0.717) is 0 Å². The van der Waals surface area contributed by atoms with Gasteiger partial charge in [-0.2, -0.15) is 0 Å². The van der Waals surface area contributed by atoms with E-state index in [2.05, 4.69) is 0 Å². The standard InChI is InChI=1S/C11H20N2O3/c14-7-9-3-1-5-12(9)11(16)13-6-2-4-10(13)8-15/h9-10,14-15H,1-8H2/t9-,10-/m1/s1. The maximum absolute atomic E-state index is 12.2. The van der Waals surface area contributed by atoms with Crippen LogP contribution in [0, 0.1) is 0 Å². The van der Waals surface area contributed by atoms with E-state index >= 15 is 0 Å². The highest BCUT2D eigenvalue weighted by molar-refractivity contribution is 5.75. The third kappa shape index (κ3) is 2.01. The summed E-state index contributed by atoms with van der Waals surface area (Å²) < 4.78 is 0. The van der Waals surface area contributed by atoms with Crippen molar-refractivity contribution < 1.29 is 15.0 Å². The second kappa shape index (κ2) is 5.01. The minimum Gasteiger partial charge on any atom is -0.394 e. The van der Waals surface area contributed by atoms with Gasteiger partial charge in [0.25, 0.3) is 0 Å². The number of rotatable bonds is 2. The normalized spacial score (nSPS) is 30.1. The van der Waals surface area contributed by atoms with Crippen molar-refractivity contribution in [2.24, 2.45) is 0 Å². The van der Waals surface area contributed by atoms with Gasteiger partial charge in [0.05, 0.1) is 25.3 Å². The van der Waals surface area contributed by atoms with Gasteiger partial charge < -0.3 is 20.0 Å². The Labute approximate surface area is 95.6 Å². The lowest BCUT2D eigenvalue weighted by atomic mass is 10.2. The van der Waals surface area contributed by atoms with Crippen LogP contribution < -0.4 is 0 Å². The second-order valence-electron chi connectivity index (χ2n) is 4.63. The van der Waals surface area contributed by atoms with Crippen LogP contribution >= 0.6 is 0 Å². The Bertz CT molecular complexity index is 236. The summed E-state index contributed by atoms with van der Waals surface area (Å²) in [7, 11) is 0. The van der Waals surface area contributed by atoms with Gasteiger partial charge in [-0.05, 0) is 25.7 Å². The zero-order valence-electron chi connectivity index (χ0n) is 9.51. The van der Waals surface area contributed by atoms with Gasteiger partial charge in [-0.25, -0.2) is 4.79 Å². The molecule has 2 N–H and O–H groups in total. The topological polar surface area (TPSA) is 64.0 Å². The molecule has 0 aromatic carbocycles. The molecule has 2 saturated heterocycles. The predicted octanol–water partition coefficient (Wildman–Crippen LogP) is 0.0198. The van der Waals surface area contributed by atoms with Gasteiger partial charge in [0, 0.05) is 13.1 Å². The van der Waals surface area contributed by atoms with Crippen LogP contribution in [-0.2, 0) is 0 Å². The molecule has 0 bridgehead atoms. The Morgan fingerprint density at radius 1 is 1.00 bits per heavy atom. The summed E-state index contributed by atoms with van der Waals surface area (Å²) in [5.74, 6) is 0. The Morgan fingerprint density at radius 2 is 1.44 bits per heavy atom. The van der Waals surface area contributed by atoms with Crippen LogP contribution in [0.15, 0.2) is 0 Å². The molecule has 0 spiro atoms. The molecule has 2 heterocycles. The van der Waals surface area contributed by atoms with E-state index in [4.69, 9.17) is 0 Å². The molecule has 5 nitrogen and oxygen atoms in total. The van der Waals surface area contributed by atoms with Crippen LogP contribution in [0.2, 0.25) is 0 Å². The van der Waals surface area contributed by atoms with E-state index in [-0.39, 0.29) is 31.3 Å². The van der Waals surface area contributed by atoms with Gasteiger partial charge in [0.1, 0.15) is 0 Å². The van der Waals surface area contributed by atoms with Gasteiger partial charge in [-0.15, -0.1) is 0 Å². The zero-order valence-corrected chi connectivity index (χ0v) is 9.51. The van der Waals surface area contributed by atoms with Gasteiger partial charge >= 0.3 is 6.03 Å². The number of urea groups is 1. The number of hydrogen-bond donors (Lipinski definition) is 2. The molecular formula is C11H20N2O3. The Balaban J connectivity index is 2.00. The van der Waals surface area contributed by atoms with Crippen molar-refractivity contribution in [3.8, 4) is 0 Å².